The third-order valence-electron chi connectivity index (χ3n) is 3.19. The summed E-state index contributed by atoms with van der Waals surface area (Å²) in [5.41, 5.74) is 0.686. The molecule has 0 spiro atoms. The molecule has 1 aromatic heterocycles. The lowest BCUT2D eigenvalue weighted by Gasteiger charge is -2.45. The van der Waals surface area contributed by atoms with Crippen molar-refractivity contribution in [3.63, 3.8) is 0 Å². The van der Waals surface area contributed by atoms with Gasteiger partial charge in [0.15, 0.2) is 0 Å². The Hall–Kier alpha value is -1.32. The molecule has 1 aliphatic heterocycles. The molecule has 4 nitrogen and oxygen atoms in total. The summed E-state index contributed by atoms with van der Waals surface area (Å²) in [6, 6.07) is 0.0844. The Labute approximate surface area is 83.3 Å². The second-order valence-electron chi connectivity index (χ2n) is 4.14. The van der Waals surface area contributed by atoms with Gasteiger partial charge in [0.2, 0.25) is 5.91 Å². The molecular formula is C10H15N3O. The van der Waals surface area contributed by atoms with E-state index in [0.717, 1.165) is 12.1 Å². The van der Waals surface area contributed by atoms with Crippen molar-refractivity contribution in [1.29, 1.82) is 0 Å². The smallest absolute Gasteiger partial charge is 0.228 e. The van der Waals surface area contributed by atoms with Crippen LogP contribution in [0.3, 0.4) is 0 Å². The third kappa shape index (κ3) is 1.06. The van der Waals surface area contributed by atoms with Crippen LogP contribution in [0, 0.1) is 5.41 Å². The van der Waals surface area contributed by atoms with Crippen molar-refractivity contribution in [2.75, 3.05) is 0 Å². The summed E-state index contributed by atoms with van der Waals surface area (Å²) >= 11 is 0. The molecule has 2 atom stereocenters. The van der Waals surface area contributed by atoms with Crippen LogP contribution in [0.15, 0.2) is 12.5 Å². The van der Waals surface area contributed by atoms with Crippen LogP contribution in [-0.4, -0.2) is 15.5 Å². The first-order chi connectivity index (χ1) is 6.58. The maximum atomic E-state index is 11.4. The van der Waals surface area contributed by atoms with Gasteiger partial charge in [-0.25, -0.2) is 4.98 Å². The molecule has 0 radical (unpaired) electrons. The van der Waals surface area contributed by atoms with Gasteiger partial charge < -0.3 is 9.88 Å². The van der Waals surface area contributed by atoms with E-state index in [9.17, 15) is 4.79 Å². The average Bonchev–Trinajstić information content (AvgIpc) is 2.59. The Kier molecular flexibility index (Phi) is 1.87. The molecule has 1 fully saturated rings. The highest BCUT2D eigenvalue weighted by Gasteiger charge is 2.51. The van der Waals surface area contributed by atoms with Crippen LogP contribution in [0.25, 0.3) is 0 Å². The molecule has 1 N–H and O–H groups in total. The van der Waals surface area contributed by atoms with Crippen LogP contribution in [-0.2, 0) is 11.8 Å². The van der Waals surface area contributed by atoms with E-state index >= 15 is 0 Å². The number of carbonyl (C=O) groups is 1. The first kappa shape index (κ1) is 9.24. The maximum absolute atomic E-state index is 11.4. The predicted octanol–water partition coefficient (Wildman–Crippen LogP) is 1.01. The van der Waals surface area contributed by atoms with E-state index in [1.807, 2.05) is 31.7 Å². The van der Waals surface area contributed by atoms with Gasteiger partial charge in [-0.3, -0.25) is 4.79 Å². The van der Waals surface area contributed by atoms with E-state index in [2.05, 4.69) is 10.3 Å². The number of β-lactam (4-membered cyclic amide) rings is 1. The largest absolute Gasteiger partial charge is 0.346 e. The summed E-state index contributed by atoms with van der Waals surface area (Å²) < 4.78 is 1.90. The Bertz CT molecular complexity index is 371. The van der Waals surface area contributed by atoms with E-state index < -0.39 is 0 Å². The Morgan fingerprint density at radius 3 is 2.86 bits per heavy atom. The second-order valence-corrected chi connectivity index (χ2v) is 4.14. The molecule has 0 aromatic carbocycles. The standard InChI is InChI=1S/C10H15N3O/c1-4-10(2)8(12-9(10)14)7-5-13(3)6-11-7/h5-6,8H,4H2,1-3H3,(H,12,14). The molecule has 1 aliphatic rings. The van der Waals surface area contributed by atoms with E-state index in [1.54, 1.807) is 6.33 Å². The van der Waals surface area contributed by atoms with Crippen LogP contribution in [0.1, 0.15) is 32.0 Å². The minimum Gasteiger partial charge on any atom is -0.346 e. The van der Waals surface area contributed by atoms with Crippen molar-refractivity contribution in [2.24, 2.45) is 12.5 Å². The number of carbonyl (C=O) groups excluding carboxylic acids is 1. The molecular weight excluding hydrogens is 178 g/mol. The lowest BCUT2D eigenvalue weighted by molar-refractivity contribution is -0.145. The third-order valence-corrected chi connectivity index (χ3v) is 3.19. The number of amides is 1. The van der Waals surface area contributed by atoms with E-state index in [-0.39, 0.29) is 17.4 Å². The quantitative estimate of drug-likeness (QED) is 0.712. The SMILES string of the molecule is CCC1(C)C(=O)NC1c1cn(C)cn1. The first-order valence-corrected chi connectivity index (χ1v) is 4.86. The topological polar surface area (TPSA) is 46.9 Å². The molecule has 2 heterocycles. The maximum Gasteiger partial charge on any atom is 0.228 e. The minimum atomic E-state index is -0.269. The van der Waals surface area contributed by atoms with Gasteiger partial charge in [0.05, 0.1) is 23.5 Å². The number of hydrogen-bond donors (Lipinski definition) is 1. The Balaban J connectivity index is 2.26. The summed E-state index contributed by atoms with van der Waals surface area (Å²) in [5, 5.41) is 2.90. The van der Waals surface area contributed by atoms with Crippen LogP contribution < -0.4 is 5.32 Å². The van der Waals surface area contributed by atoms with E-state index in [4.69, 9.17) is 0 Å². The summed E-state index contributed by atoms with van der Waals surface area (Å²) in [6.45, 7) is 4.03. The molecule has 1 amide bonds. The molecule has 0 saturated carbocycles. The highest BCUT2D eigenvalue weighted by Crippen LogP contribution is 2.43. The van der Waals surface area contributed by atoms with Gasteiger partial charge in [-0.05, 0) is 13.3 Å². The summed E-state index contributed by atoms with van der Waals surface area (Å²) in [5.74, 6) is 0.135. The molecule has 4 heteroatoms. The molecule has 2 unspecified atom stereocenters. The van der Waals surface area contributed by atoms with Gasteiger partial charge in [-0.15, -0.1) is 0 Å². The van der Waals surface area contributed by atoms with Gasteiger partial charge in [0.1, 0.15) is 0 Å². The fourth-order valence-corrected chi connectivity index (χ4v) is 1.86. The van der Waals surface area contributed by atoms with Crippen LogP contribution in [0.4, 0.5) is 0 Å². The van der Waals surface area contributed by atoms with Crippen LogP contribution in [0.5, 0.6) is 0 Å². The van der Waals surface area contributed by atoms with Gasteiger partial charge in [-0.1, -0.05) is 6.92 Å². The number of imidazole rings is 1. The monoisotopic (exact) mass is 193 g/mol. The van der Waals surface area contributed by atoms with Crippen molar-refractivity contribution in [1.82, 2.24) is 14.9 Å². The lowest BCUT2D eigenvalue weighted by Crippen LogP contribution is -2.59. The van der Waals surface area contributed by atoms with Crippen molar-refractivity contribution in [3.8, 4) is 0 Å². The molecule has 0 bridgehead atoms. The second kappa shape index (κ2) is 2.83. The highest BCUT2D eigenvalue weighted by atomic mass is 16.2. The Morgan fingerprint density at radius 1 is 1.71 bits per heavy atom. The molecule has 14 heavy (non-hydrogen) atoms. The number of aryl methyl sites for hydroxylation is 1. The molecule has 0 aliphatic carbocycles. The molecule has 1 saturated heterocycles. The summed E-state index contributed by atoms with van der Waals surface area (Å²) in [6.07, 6.45) is 4.56. The number of aromatic nitrogens is 2. The Morgan fingerprint density at radius 2 is 2.43 bits per heavy atom. The number of hydrogen-bond acceptors (Lipinski definition) is 2. The zero-order valence-corrected chi connectivity index (χ0v) is 8.74. The van der Waals surface area contributed by atoms with Crippen molar-refractivity contribution >= 4 is 5.91 Å². The number of rotatable bonds is 2. The normalized spacial score (nSPS) is 31.1. The highest BCUT2D eigenvalue weighted by molar-refractivity contribution is 5.89. The van der Waals surface area contributed by atoms with Crippen LogP contribution >= 0.6 is 0 Å². The summed E-state index contributed by atoms with van der Waals surface area (Å²) in [4.78, 5) is 15.7. The van der Waals surface area contributed by atoms with Gasteiger partial charge in [0.25, 0.3) is 0 Å². The first-order valence-electron chi connectivity index (χ1n) is 4.86. The zero-order valence-electron chi connectivity index (χ0n) is 8.74. The lowest BCUT2D eigenvalue weighted by atomic mass is 9.71. The molecule has 2 rings (SSSR count). The van der Waals surface area contributed by atoms with Gasteiger partial charge in [-0.2, -0.15) is 0 Å². The predicted molar refractivity (Wildman–Crippen MR) is 52.5 cm³/mol. The van der Waals surface area contributed by atoms with Gasteiger partial charge >= 0.3 is 0 Å². The summed E-state index contributed by atoms with van der Waals surface area (Å²) in [7, 11) is 1.93. The van der Waals surface area contributed by atoms with Crippen molar-refractivity contribution < 1.29 is 4.79 Å². The number of nitrogens with one attached hydrogen (secondary N) is 1. The fourth-order valence-electron chi connectivity index (χ4n) is 1.86. The molecule has 1 aromatic rings. The van der Waals surface area contributed by atoms with E-state index in [1.165, 1.54) is 0 Å². The molecule has 76 valence electrons. The van der Waals surface area contributed by atoms with Crippen molar-refractivity contribution in [2.45, 2.75) is 26.3 Å². The zero-order chi connectivity index (χ0) is 10.3. The minimum absolute atomic E-state index is 0.0844. The van der Waals surface area contributed by atoms with Crippen molar-refractivity contribution in [3.05, 3.63) is 18.2 Å². The average molecular weight is 193 g/mol. The van der Waals surface area contributed by atoms with Crippen LogP contribution in [0.2, 0.25) is 0 Å². The number of nitrogens with zero attached hydrogens (tertiary/aromatic N) is 2. The van der Waals surface area contributed by atoms with E-state index in [0.29, 0.717) is 0 Å². The van der Waals surface area contributed by atoms with Gasteiger partial charge in [0, 0.05) is 13.2 Å². The fraction of sp³-hybridized carbons (Fsp3) is 0.600.